The summed E-state index contributed by atoms with van der Waals surface area (Å²) in [5, 5.41) is 13.4. The molecule has 1 aliphatic rings. The molecule has 0 bridgehead atoms. The third-order valence-electron chi connectivity index (χ3n) is 3.01. The lowest BCUT2D eigenvalue weighted by Gasteiger charge is -2.32. The lowest BCUT2D eigenvalue weighted by atomic mass is 9.86. The van der Waals surface area contributed by atoms with Gasteiger partial charge in [-0.3, -0.25) is 0 Å². The standard InChI is InChI=1S/C12H16FNO.ClH/c13-11-4-2-1-3-10(11)9-12(15)5-7-14-8-6-12;/h1-4,14-15H,5-9H2;1H. The highest BCUT2D eigenvalue weighted by Crippen LogP contribution is 2.24. The van der Waals surface area contributed by atoms with Crippen LogP contribution in [0.1, 0.15) is 18.4 Å². The van der Waals surface area contributed by atoms with Gasteiger partial charge < -0.3 is 10.4 Å². The Balaban J connectivity index is 0.00000128. The highest BCUT2D eigenvalue weighted by Gasteiger charge is 2.29. The van der Waals surface area contributed by atoms with E-state index in [9.17, 15) is 9.50 Å². The van der Waals surface area contributed by atoms with Gasteiger partial charge in [-0.05, 0) is 37.6 Å². The number of piperidine rings is 1. The van der Waals surface area contributed by atoms with Gasteiger partial charge in [0.15, 0.2) is 0 Å². The number of rotatable bonds is 2. The molecule has 2 nitrogen and oxygen atoms in total. The van der Waals surface area contributed by atoms with Gasteiger partial charge in [0.1, 0.15) is 5.82 Å². The first-order valence-corrected chi connectivity index (χ1v) is 5.36. The van der Waals surface area contributed by atoms with Crippen LogP contribution in [0.5, 0.6) is 0 Å². The largest absolute Gasteiger partial charge is 0.389 e. The zero-order valence-electron chi connectivity index (χ0n) is 9.08. The van der Waals surface area contributed by atoms with Crippen molar-refractivity contribution in [2.45, 2.75) is 24.9 Å². The lowest BCUT2D eigenvalue weighted by molar-refractivity contribution is 0.0101. The fourth-order valence-corrected chi connectivity index (χ4v) is 2.07. The third kappa shape index (κ3) is 3.17. The predicted octanol–water partition coefficient (Wildman–Crippen LogP) is 1.90. The Kier molecular flexibility index (Phi) is 4.71. The molecule has 2 rings (SSSR count). The van der Waals surface area contributed by atoms with Crippen molar-refractivity contribution in [3.8, 4) is 0 Å². The summed E-state index contributed by atoms with van der Waals surface area (Å²) < 4.78 is 13.4. The number of benzene rings is 1. The molecule has 0 atom stereocenters. The summed E-state index contributed by atoms with van der Waals surface area (Å²) in [6, 6.07) is 6.67. The Bertz CT molecular complexity index is 340. The molecule has 1 aliphatic heterocycles. The average molecular weight is 246 g/mol. The van der Waals surface area contributed by atoms with Crippen LogP contribution in [0.25, 0.3) is 0 Å². The van der Waals surface area contributed by atoms with Crippen molar-refractivity contribution in [2.24, 2.45) is 0 Å². The van der Waals surface area contributed by atoms with Crippen molar-refractivity contribution in [2.75, 3.05) is 13.1 Å². The summed E-state index contributed by atoms with van der Waals surface area (Å²) in [5.41, 5.74) is -0.116. The third-order valence-corrected chi connectivity index (χ3v) is 3.01. The number of halogens is 2. The predicted molar refractivity (Wildman–Crippen MR) is 64.4 cm³/mol. The summed E-state index contributed by atoms with van der Waals surface area (Å²) in [6.07, 6.45) is 1.81. The van der Waals surface area contributed by atoms with Crippen molar-refractivity contribution in [1.82, 2.24) is 5.32 Å². The molecule has 90 valence electrons. The number of nitrogens with one attached hydrogen (secondary N) is 1. The van der Waals surface area contributed by atoms with Crippen molar-refractivity contribution in [3.63, 3.8) is 0 Å². The smallest absolute Gasteiger partial charge is 0.126 e. The molecule has 0 amide bonds. The maximum atomic E-state index is 13.4. The van der Waals surface area contributed by atoms with E-state index in [-0.39, 0.29) is 18.2 Å². The summed E-state index contributed by atoms with van der Waals surface area (Å²) in [6.45, 7) is 1.62. The topological polar surface area (TPSA) is 32.3 Å². The first kappa shape index (κ1) is 13.4. The summed E-state index contributed by atoms with van der Waals surface area (Å²) in [7, 11) is 0. The Hall–Kier alpha value is -0.640. The first-order chi connectivity index (χ1) is 7.20. The number of hydrogen-bond donors (Lipinski definition) is 2. The molecule has 16 heavy (non-hydrogen) atoms. The van der Waals surface area contributed by atoms with Crippen molar-refractivity contribution >= 4 is 12.4 Å². The van der Waals surface area contributed by atoms with Crippen LogP contribution in [0.2, 0.25) is 0 Å². The molecule has 2 N–H and O–H groups in total. The normalized spacial score (nSPS) is 18.9. The van der Waals surface area contributed by atoms with Crippen LogP contribution >= 0.6 is 12.4 Å². The van der Waals surface area contributed by atoms with E-state index < -0.39 is 5.60 Å². The molecule has 0 aromatic heterocycles. The quantitative estimate of drug-likeness (QED) is 0.834. The average Bonchev–Trinajstić information content (AvgIpc) is 2.22. The molecule has 1 saturated heterocycles. The summed E-state index contributed by atoms with van der Waals surface area (Å²) in [4.78, 5) is 0. The van der Waals surface area contributed by atoms with Crippen molar-refractivity contribution in [1.29, 1.82) is 0 Å². The van der Waals surface area contributed by atoms with Crippen LogP contribution < -0.4 is 5.32 Å². The van der Waals surface area contributed by atoms with Gasteiger partial charge in [0.25, 0.3) is 0 Å². The van der Waals surface area contributed by atoms with E-state index in [2.05, 4.69) is 5.32 Å². The Morgan fingerprint density at radius 2 is 1.88 bits per heavy atom. The molecular weight excluding hydrogens is 229 g/mol. The molecule has 0 radical (unpaired) electrons. The monoisotopic (exact) mass is 245 g/mol. The minimum atomic E-state index is -0.729. The Morgan fingerprint density at radius 3 is 2.50 bits per heavy atom. The Labute approximate surface area is 101 Å². The molecule has 4 heteroatoms. The molecule has 0 aliphatic carbocycles. The lowest BCUT2D eigenvalue weighted by Crippen LogP contribution is -2.43. The fraction of sp³-hybridized carbons (Fsp3) is 0.500. The van der Waals surface area contributed by atoms with E-state index in [1.807, 2.05) is 6.07 Å². The van der Waals surface area contributed by atoms with Crippen LogP contribution in [0, 0.1) is 5.82 Å². The highest BCUT2D eigenvalue weighted by atomic mass is 35.5. The second kappa shape index (κ2) is 5.62. The van der Waals surface area contributed by atoms with Crippen LogP contribution in [0.4, 0.5) is 4.39 Å². The zero-order chi connectivity index (χ0) is 10.7. The van der Waals surface area contributed by atoms with Gasteiger partial charge in [0, 0.05) is 6.42 Å². The number of hydrogen-bond acceptors (Lipinski definition) is 2. The van der Waals surface area contributed by atoms with Crippen molar-refractivity contribution < 1.29 is 9.50 Å². The highest BCUT2D eigenvalue weighted by molar-refractivity contribution is 5.85. The summed E-state index contributed by atoms with van der Waals surface area (Å²) in [5.74, 6) is -0.218. The second-order valence-corrected chi connectivity index (χ2v) is 4.24. The minimum absolute atomic E-state index is 0. The van der Waals surface area contributed by atoms with Gasteiger partial charge in [-0.15, -0.1) is 12.4 Å². The maximum absolute atomic E-state index is 13.4. The van der Waals surface area contributed by atoms with E-state index in [0.717, 1.165) is 13.1 Å². The molecule has 0 spiro atoms. The van der Waals surface area contributed by atoms with E-state index >= 15 is 0 Å². The fourth-order valence-electron chi connectivity index (χ4n) is 2.07. The second-order valence-electron chi connectivity index (χ2n) is 4.24. The van der Waals surface area contributed by atoms with E-state index in [1.54, 1.807) is 12.1 Å². The molecule has 0 unspecified atom stereocenters. The molecule has 1 heterocycles. The first-order valence-electron chi connectivity index (χ1n) is 5.36. The van der Waals surface area contributed by atoms with Gasteiger partial charge in [0.2, 0.25) is 0 Å². The minimum Gasteiger partial charge on any atom is -0.389 e. The van der Waals surface area contributed by atoms with Crippen LogP contribution in [0.3, 0.4) is 0 Å². The Morgan fingerprint density at radius 1 is 1.25 bits per heavy atom. The van der Waals surface area contributed by atoms with Crippen LogP contribution in [-0.2, 0) is 6.42 Å². The zero-order valence-corrected chi connectivity index (χ0v) is 9.89. The maximum Gasteiger partial charge on any atom is 0.126 e. The van der Waals surface area contributed by atoms with Gasteiger partial charge >= 0.3 is 0 Å². The molecule has 1 aromatic carbocycles. The molecular formula is C12H17ClFNO. The van der Waals surface area contributed by atoms with Gasteiger partial charge in [-0.1, -0.05) is 18.2 Å². The SMILES string of the molecule is Cl.OC1(Cc2ccccc2F)CCNCC1. The van der Waals surface area contributed by atoms with E-state index in [4.69, 9.17) is 0 Å². The number of aliphatic hydroxyl groups is 1. The van der Waals surface area contributed by atoms with Gasteiger partial charge in [0.05, 0.1) is 5.60 Å². The van der Waals surface area contributed by atoms with Crippen LogP contribution in [-0.4, -0.2) is 23.8 Å². The van der Waals surface area contributed by atoms with Crippen molar-refractivity contribution in [3.05, 3.63) is 35.6 Å². The molecule has 0 saturated carbocycles. The van der Waals surface area contributed by atoms with Gasteiger partial charge in [-0.2, -0.15) is 0 Å². The summed E-state index contributed by atoms with van der Waals surface area (Å²) >= 11 is 0. The van der Waals surface area contributed by atoms with Crippen LogP contribution in [0.15, 0.2) is 24.3 Å². The molecule has 1 aromatic rings. The van der Waals surface area contributed by atoms with E-state index in [1.165, 1.54) is 6.07 Å². The molecule has 1 fully saturated rings. The van der Waals surface area contributed by atoms with Gasteiger partial charge in [-0.25, -0.2) is 4.39 Å². The van der Waals surface area contributed by atoms with E-state index in [0.29, 0.717) is 24.8 Å².